The first-order valence-electron chi connectivity index (χ1n) is 39.1. The van der Waals surface area contributed by atoms with Gasteiger partial charge in [0.05, 0.1) is 22.1 Å². The molecule has 4 aliphatic rings. The molecule has 0 amide bonds. The number of hydrogen-bond donors (Lipinski definition) is 0. The molecule has 28 heteroatoms. The van der Waals surface area contributed by atoms with Gasteiger partial charge in [0.25, 0.3) is 0 Å². The molecule has 0 aliphatic carbocycles. The Hall–Kier alpha value is -12.3. The van der Waals surface area contributed by atoms with Crippen molar-refractivity contribution in [3.63, 3.8) is 0 Å². The van der Waals surface area contributed by atoms with Crippen molar-refractivity contribution in [3.05, 3.63) is 365 Å². The van der Waals surface area contributed by atoms with Gasteiger partial charge in [-0.25, -0.2) is 0 Å². The molecule has 0 N–H and O–H groups in total. The van der Waals surface area contributed by atoms with E-state index in [9.17, 15) is 0 Å². The van der Waals surface area contributed by atoms with Crippen LogP contribution in [0.15, 0.2) is 308 Å². The van der Waals surface area contributed by atoms with Crippen LogP contribution in [0, 0.1) is 75.2 Å². The largest absolute Gasteiger partial charge is 0.504 e. The topological polar surface area (TPSA) is 167 Å². The molecule has 24 rings (SSSR count). The Kier molecular flexibility index (Phi) is 26.5. The number of aromatic nitrogens is 4. The summed E-state index contributed by atoms with van der Waals surface area (Å²) in [6.07, 6.45) is 3.20. The molecule has 0 saturated carbocycles. The molecule has 0 fully saturated rings. The molecule has 20 aromatic rings. The molecule has 0 radical (unpaired) electrons. The Morgan fingerprint density at radius 3 is 1.00 bits per heavy atom. The van der Waals surface area contributed by atoms with E-state index in [1.807, 2.05) is 266 Å². The third-order valence-electron chi connectivity index (χ3n) is 20.3. The smallest absolute Gasteiger partial charge is 0.307 e. The number of oxazole rings is 2. The van der Waals surface area contributed by atoms with Crippen LogP contribution in [0.1, 0.15) is 0 Å². The van der Waals surface area contributed by atoms with Crippen molar-refractivity contribution >= 4 is 155 Å². The fourth-order valence-electron chi connectivity index (χ4n) is 14.5. The van der Waals surface area contributed by atoms with E-state index >= 15 is 0 Å². The van der Waals surface area contributed by atoms with E-state index in [2.05, 4.69) is 163 Å². The number of rotatable bonds is 16. The molecule has 8 aromatic heterocycles. The molecule has 648 valence electrons. The van der Waals surface area contributed by atoms with Gasteiger partial charge < -0.3 is 75.8 Å². The molecule has 12 aromatic carbocycles. The summed E-state index contributed by atoms with van der Waals surface area (Å²) in [5.74, 6) is 6.22. The zero-order chi connectivity index (χ0) is 83.1. The molecule has 0 saturated heterocycles. The minimum absolute atomic E-state index is 0. The predicted octanol–water partition coefficient (Wildman–Crippen LogP) is 26.6. The molecular weight excluding hydrogens is 2410 g/mol. The van der Waals surface area contributed by atoms with Crippen LogP contribution in [0.3, 0.4) is 0 Å². The Balaban J connectivity index is 0.000000119. The van der Waals surface area contributed by atoms with E-state index in [4.69, 9.17) is 41.6 Å². The Labute approximate surface area is 811 Å². The first-order chi connectivity index (χ1) is 61.0. The molecule has 0 unspecified atom stereocenters. The second-order valence-electron chi connectivity index (χ2n) is 28.5. The summed E-state index contributed by atoms with van der Waals surface area (Å²) in [5, 5.41) is 5.84. The summed E-state index contributed by atoms with van der Waals surface area (Å²) in [4.78, 5) is 36.6. The SMILES string of the molecule is CN1[CH-]N(c2[c-]c(Oc3[c-]c(-c4nc5ccoc5o4)ccc3)ccc2)c2ccccc21.CN1[CH-]N(c2[c-]c(Oc3[c-]c(-c4nc5ccoc5s4)ccc3)ccc2)c2ccccc21.CN1[CH-]N(c2[c-]c(Oc3[c-]c(-c4nc5ccsc5o4)ccc3)ccc2)c2ccccc21.CN1[CH-]N(c2[c-]c(Oc3[c-]c(-c4nc5ccsc5s4)ccc3)ccc2)c2ccccc21.[Pt].[Pt].[Pt].[Pt]. The number of hydrogen-bond acceptors (Lipinski definition) is 24. The summed E-state index contributed by atoms with van der Waals surface area (Å²) in [6, 6.07) is 114. The van der Waals surface area contributed by atoms with Gasteiger partial charge in [0, 0.05) is 198 Å². The van der Waals surface area contributed by atoms with E-state index < -0.39 is 0 Å². The summed E-state index contributed by atoms with van der Waals surface area (Å²) in [6.45, 7) is 8.18. The third-order valence-corrected chi connectivity index (χ3v) is 24.2. The zero-order valence-electron chi connectivity index (χ0n) is 67.6. The first kappa shape index (κ1) is 87.7. The zero-order valence-corrected chi connectivity index (χ0v) is 79.9. The minimum Gasteiger partial charge on any atom is -0.504 e. The number of anilines is 12. The molecule has 0 bridgehead atoms. The van der Waals surface area contributed by atoms with Gasteiger partial charge in [0.15, 0.2) is 9.79 Å². The summed E-state index contributed by atoms with van der Waals surface area (Å²) in [5.41, 5.74) is 19.3. The second-order valence-corrected chi connectivity index (χ2v) is 32.5. The Morgan fingerprint density at radius 2 is 0.602 bits per heavy atom. The number of fused-ring (bicyclic) bond motifs is 8. The number of benzene rings is 12. The molecule has 0 atom stereocenters. The number of ether oxygens (including phenoxy) is 4. The van der Waals surface area contributed by atoms with Gasteiger partial charge >= 0.3 is 5.78 Å². The van der Waals surface area contributed by atoms with Gasteiger partial charge in [-0.2, -0.15) is 62.3 Å². The quantitative estimate of drug-likeness (QED) is 0.0837. The third kappa shape index (κ3) is 18.5. The van der Waals surface area contributed by atoms with Crippen LogP contribution < -0.4 is 58.1 Å². The molecule has 20 nitrogen and oxygen atoms in total. The predicted molar refractivity (Wildman–Crippen MR) is 491 cm³/mol. The summed E-state index contributed by atoms with van der Waals surface area (Å²) < 4.78 is 47.7. The molecule has 0 spiro atoms. The van der Waals surface area contributed by atoms with Gasteiger partial charge in [-0.05, 0) is 99.6 Å². The summed E-state index contributed by atoms with van der Waals surface area (Å²) in [7, 11) is 8.14. The maximum absolute atomic E-state index is 6.13. The van der Waals surface area contributed by atoms with Gasteiger partial charge in [-0.1, -0.05) is 83.9 Å². The second kappa shape index (κ2) is 38.7. The number of para-hydroxylation sites is 8. The fraction of sp³-hybridized carbons (Fsp3) is 0.0400. The maximum atomic E-state index is 6.13. The molecular formula is C100H64N12O8Pt4S4-12. The Bertz CT molecular complexity index is 6330. The van der Waals surface area contributed by atoms with E-state index in [1.54, 1.807) is 41.3 Å². The van der Waals surface area contributed by atoms with Gasteiger partial charge in [0.2, 0.25) is 0 Å². The van der Waals surface area contributed by atoms with Crippen molar-refractivity contribution in [3.8, 4) is 90.0 Å². The van der Waals surface area contributed by atoms with Gasteiger partial charge in [0.1, 0.15) is 28.3 Å². The molecule has 128 heavy (non-hydrogen) atoms. The van der Waals surface area contributed by atoms with E-state index in [1.165, 1.54) is 26.7 Å². The van der Waals surface area contributed by atoms with Crippen molar-refractivity contribution in [2.24, 2.45) is 0 Å². The fourth-order valence-corrected chi connectivity index (χ4v) is 18.0. The minimum atomic E-state index is 0. The van der Waals surface area contributed by atoms with Crippen molar-refractivity contribution in [1.29, 1.82) is 0 Å². The van der Waals surface area contributed by atoms with Crippen molar-refractivity contribution in [2.75, 3.05) is 67.4 Å². The van der Waals surface area contributed by atoms with E-state index in [0.717, 1.165) is 121 Å². The average Bonchev–Trinajstić information content (AvgIpc) is 1.64. The van der Waals surface area contributed by atoms with Gasteiger partial charge in [-0.3, -0.25) is 19.9 Å². The van der Waals surface area contributed by atoms with Crippen molar-refractivity contribution in [2.45, 2.75) is 0 Å². The Morgan fingerprint density at radius 1 is 0.281 bits per heavy atom. The molecule has 12 heterocycles. The summed E-state index contributed by atoms with van der Waals surface area (Å²) >= 11 is 6.42. The van der Waals surface area contributed by atoms with Crippen LogP contribution in [0.5, 0.6) is 46.0 Å². The van der Waals surface area contributed by atoms with E-state index in [-0.39, 0.29) is 84.3 Å². The number of thiophene rings is 2. The van der Waals surface area contributed by atoms with Gasteiger partial charge in [-0.15, -0.1) is 213 Å². The standard InChI is InChI=1S/C25H16N3O3.2C25H16N3O2S.C25H16N3OS2.4Pt/c1-27-16-28(23-11-3-2-10-22(23)27)18-7-5-9-20(15-18)30-19-8-4-6-17(14-19)24-26-21-12-13-29-25(21)31-24;1-27-16-28(23-11-3-2-10-22(23)27)18-7-5-9-20(15-18)29-19-8-4-6-17(14-19)24-26-21-12-13-31-25(21)30-24;1-27-16-28(23-11-3-2-10-22(23)27)18-7-5-9-20(15-18)30-19-8-4-6-17(14-19)24-26-21-12-13-29-25(21)31-24;1-27-16-28(23-11-3-2-10-22(23)27)18-7-5-9-20(15-18)29-19-8-4-6-17(14-19)24-26-21-12-13-30-25(21)31-24;;;;/h4*2-13,16H,1H3;;;;/q4*-3;;;;. The van der Waals surface area contributed by atoms with Crippen LogP contribution in [0.25, 0.3) is 85.7 Å². The van der Waals surface area contributed by atoms with Crippen LogP contribution in [0.4, 0.5) is 68.2 Å². The van der Waals surface area contributed by atoms with E-state index in [0.29, 0.717) is 74.6 Å². The van der Waals surface area contributed by atoms with Crippen LogP contribution >= 0.6 is 45.3 Å². The monoisotopic (exact) mass is 2470 g/mol. The van der Waals surface area contributed by atoms with Crippen molar-refractivity contribution in [1.82, 2.24) is 19.9 Å². The average molecular weight is 2470 g/mol. The number of nitrogens with zero attached hydrogens (tertiary/aromatic N) is 12. The van der Waals surface area contributed by atoms with Crippen LogP contribution in [-0.2, 0) is 84.3 Å². The van der Waals surface area contributed by atoms with Crippen LogP contribution in [-0.4, -0.2) is 48.1 Å². The first-order valence-corrected chi connectivity index (χ1v) is 42.5. The number of furan rings is 2. The van der Waals surface area contributed by atoms with Crippen LogP contribution in [0.2, 0.25) is 0 Å². The number of thiazole rings is 2. The molecule has 4 aliphatic heterocycles. The normalized spacial score (nSPS) is 12.7. The van der Waals surface area contributed by atoms with Crippen molar-refractivity contribution < 1.29 is 121 Å². The maximum Gasteiger partial charge on any atom is 0.307 e.